The molecular weight excluding hydrogens is 373 g/mol. The van der Waals surface area contributed by atoms with E-state index in [2.05, 4.69) is 0 Å². The number of hydrogen-bond donors (Lipinski definition) is 0. The molecule has 10 heteroatoms. The first-order valence-electron chi connectivity index (χ1n) is 7.99. The Bertz CT molecular complexity index is 888. The van der Waals surface area contributed by atoms with Crippen molar-refractivity contribution < 1.29 is 23.8 Å². The number of rotatable bonds is 5. The fraction of sp³-hybridized carbons (Fsp3) is 0.278. The van der Waals surface area contributed by atoms with Crippen molar-refractivity contribution in [1.29, 1.82) is 0 Å². The van der Waals surface area contributed by atoms with Crippen LogP contribution in [0, 0.1) is 26.0 Å². The van der Waals surface area contributed by atoms with Crippen LogP contribution in [0.3, 0.4) is 0 Å². The number of nitrogens with zero attached hydrogens (tertiary/aromatic N) is 3. The average molecular weight is 391 g/mol. The van der Waals surface area contributed by atoms with Gasteiger partial charge in [-0.05, 0) is 12.1 Å². The second-order valence-electron chi connectivity index (χ2n) is 5.96. The standard InChI is InChI=1S/C17H14FN3O6.CH4/c18-15-3-1-2-4-16(15)27-14-5-6-19(10-14)17(22)11-7-12(20(23)24)9-13(8-11)21(25)26;/h1-4,7-9,14H,5-6,10H2;1H4/t14-;/m1./s1. The van der Waals surface area contributed by atoms with Crippen molar-refractivity contribution in [3.05, 3.63) is 74.1 Å². The third-order valence-electron chi connectivity index (χ3n) is 4.13. The molecule has 2 aromatic carbocycles. The number of nitro benzene ring substituents is 2. The van der Waals surface area contributed by atoms with Crippen LogP contribution in [-0.2, 0) is 0 Å². The van der Waals surface area contributed by atoms with Gasteiger partial charge in [-0.25, -0.2) is 4.39 Å². The van der Waals surface area contributed by atoms with Crippen LogP contribution < -0.4 is 4.74 Å². The molecule has 28 heavy (non-hydrogen) atoms. The molecule has 9 nitrogen and oxygen atoms in total. The monoisotopic (exact) mass is 391 g/mol. The number of likely N-dealkylation sites (tertiary alicyclic amines) is 1. The molecule has 0 aliphatic carbocycles. The Kier molecular flexibility index (Phi) is 6.24. The van der Waals surface area contributed by atoms with Gasteiger partial charge in [-0.3, -0.25) is 25.0 Å². The Labute approximate surface area is 159 Å². The lowest BCUT2D eigenvalue weighted by Crippen LogP contribution is -2.31. The summed E-state index contributed by atoms with van der Waals surface area (Å²) in [5.74, 6) is -1.03. The molecule has 0 unspecified atom stereocenters. The molecule has 0 bridgehead atoms. The van der Waals surface area contributed by atoms with Crippen molar-refractivity contribution in [2.24, 2.45) is 0 Å². The summed E-state index contributed by atoms with van der Waals surface area (Å²) in [6.45, 7) is 0.429. The number of carbonyl (C=O) groups is 1. The summed E-state index contributed by atoms with van der Waals surface area (Å²) in [7, 11) is 0. The number of non-ortho nitro benzene ring substituents is 2. The molecule has 1 aliphatic heterocycles. The van der Waals surface area contributed by atoms with Gasteiger partial charge in [0.15, 0.2) is 11.6 Å². The molecule has 0 radical (unpaired) electrons. The predicted octanol–water partition coefficient (Wildman–Crippen LogP) is 3.57. The molecule has 0 spiro atoms. The smallest absolute Gasteiger partial charge is 0.277 e. The maximum Gasteiger partial charge on any atom is 0.277 e. The molecule has 3 rings (SSSR count). The van der Waals surface area contributed by atoms with E-state index in [1.54, 1.807) is 6.07 Å². The van der Waals surface area contributed by atoms with Crippen molar-refractivity contribution in [1.82, 2.24) is 4.90 Å². The third-order valence-corrected chi connectivity index (χ3v) is 4.13. The van der Waals surface area contributed by atoms with E-state index in [0.717, 1.165) is 18.2 Å². The highest BCUT2D eigenvalue weighted by Crippen LogP contribution is 2.26. The van der Waals surface area contributed by atoms with Crippen LogP contribution in [-0.4, -0.2) is 39.8 Å². The number of para-hydroxylation sites is 1. The number of ether oxygens (including phenoxy) is 1. The fourth-order valence-corrected chi connectivity index (χ4v) is 2.84. The van der Waals surface area contributed by atoms with Crippen molar-refractivity contribution in [2.45, 2.75) is 20.0 Å². The summed E-state index contributed by atoms with van der Waals surface area (Å²) >= 11 is 0. The second kappa shape index (κ2) is 8.42. The van der Waals surface area contributed by atoms with Gasteiger partial charge in [0.1, 0.15) is 6.10 Å². The summed E-state index contributed by atoms with van der Waals surface area (Å²) in [5.41, 5.74) is -1.22. The van der Waals surface area contributed by atoms with Gasteiger partial charge < -0.3 is 9.64 Å². The summed E-state index contributed by atoms with van der Waals surface area (Å²) in [6, 6.07) is 8.69. The Morgan fingerprint density at radius 3 is 2.29 bits per heavy atom. The summed E-state index contributed by atoms with van der Waals surface area (Å²) < 4.78 is 19.2. The van der Waals surface area contributed by atoms with E-state index in [0.29, 0.717) is 6.42 Å². The van der Waals surface area contributed by atoms with Gasteiger partial charge in [0.25, 0.3) is 17.3 Å². The van der Waals surface area contributed by atoms with E-state index >= 15 is 0 Å². The molecule has 0 N–H and O–H groups in total. The number of nitro groups is 2. The third kappa shape index (κ3) is 4.40. The van der Waals surface area contributed by atoms with Gasteiger partial charge in [0.2, 0.25) is 0 Å². The minimum Gasteiger partial charge on any atom is -0.485 e. The number of carbonyl (C=O) groups excluding carboxylic acids is 1. The summed E-state index contributed by atoms with van der Waals surface area (Å²) in [5, 5.41) is 21.9. The largest absolute Gasteiger partial charge is 0.485 e. The highest BCUT2D eigenvalue weighted by molar-refractivity contribution is 5.95. The van der Waals surface area contributed by atoms with Gasteiger partial charge >= 0.3 is 0 Å². The first kappa shape index (κ1) is 20.7. The number of hydrogen-bond acceptors (Lipinski definition) is 6. The van der Waals surface area contributed by atoms with Crippen LogP contribution in [0.1, 0.15) is 24.2 Å². The molecule has 1 aliphatic rings. The highest BCUT2D eigenvalue weighted by atomic mass is 19.1. The Morgan fingerprint density at radius 2 is 1.71 bits per heavy atom. The Morgan fingerprint density at radius 1 is 1.11 bits per heavy atom. The lowest BCUT2D eigenvalue weighted by atomic mass is 10.1. The number of amides is 1. The number of halogens is 1. The van der Waals surface area contributed by atoms with Crippen molar-refractivity contribution in [2.75, 3.05) is 13.1 Å². The van der Waals surface area contributed by atoms with Crippen LogP contribution in [0.15, 0.2) is 42.5 Å². The molecule has 2 aromatic rings. The molecule has 148 valence electrons. The summed E-state index contributed by atoms with van der Waals surface area (Å²) in [4.78, 5) is 34.3. The zero-order valence-electron chi connectivity index (χ0n) is 13.9. The first-order valence-corrected chi connectivity index (χ1v) is 7.99. The molecule has 0 saturated carbocycles. The zero-order chi connectivity index (χ0) is 19.6. The molecule has 1 heterocycles. The van der Waals surface area contributed by atoms with Gasteiger partial charge in [-0.15, -0.1) is 0 Å². The van der Waals surface area contributed by atoms with Crippen LogP contribution in [0.2, 0.25) is 0 Å². The van der Waals surface area contributed by atoms with Crippen LogP contribution >= 0.6 is 0 Å². The minimum absolute atomic E-state index is 0. The van der Waals surface area contributed by atoms with Crippen LogP contribution in [0.4, 0.5) is 15.8 Å². The van der Waals surface area contributed by atoms with E-state index in [1.807, 2.05) is 0 Å². The lowest BCUT2D eigenvalue weighted by molar-refractivity contribution is -0.394. The summed E-state index contributed by atoms with van der Waals surface area (Å²) in [6.07, 6.45) is -0.00331. The normalized spacial score (nSPS) is 15.6. The SMILES string of the molecule is C.O=C(c1cc([N+](=O)[O-])cc([N+](=O)[O-])c1)N1CC[C@@H](Oc2ccccc2F)C1. The van der Waals surface area contributed by atoms with Crippen LogP contribution in [0.25, 0.3) is 0 Å². The predicted molar refractivity (Wildman–Crippen MR) is 97.8 cm³/mol. The maximum absolute atomic E-state index is 13.7. The first-order chi connectivity index (χ1) is 12.8. The molecule has 1 fully saturated rings. The van der Waals surface area contributed by atoms with E-state index in [1.165, 1.54) is 23.1 Å². The fourth-order valence-electron chi connectivity index (χ4n) is 2.84. The van der Waals surface area contributed by atoms with Crippen molar-refractivity contribution in [3.8, 4) is 5.75 Å². The average Bonchev–Trinajstić information content (AvgIpc) is 3.11. The van der Waals surface area contributed by atoms with Gasteiger partial charge in [0, 0.05) is 25.1 Å². The molecule has 0 aromatic heterocycles. The topological polar surface area (TPSA) is 116 Å². The van der Waals surface area contributed by atoms with E-state index in [9.17, 15) is 29.4 Å². The zero-order valence-corrected chi connectivity index (χ0v) is 13.9. The number of benzene rings is 2. The Balaban J connectivity index is 0.00000280. The molecule has 1 saturated heterocycles. The quantitative estimate of drug-likeness (QED) is 0.568. The van der Waals surface area contributed by atoms with Crippen molar-refractivity contribution >= 4 is 17.3 Å². The molecular formula is C18H18FN3O6. The molecule has 1 atom stereocenters. The van der Waals surface area contributed by atoms with E-state index in [-0.39, 0.29) is 31.8 Å². The Hall–Kier alpha value is -3.56. The van der Waals surface area contributed by atoms with Gasteiger partial charge in [-0.1, -0.05) is 19.6 Å². The second-order valence-corrected chi connectivity index (χ2v) is 5.96. The lowest BCUT2D eigenvalue weighted by Gasteiger charge is -2.17. The van der Waals surface area contributed by atoms with E-state index in [4.69, 9.17) is 4.74 Å². The maximum atomic E-state index is 13.7. The highest BCUT2D eigenvalue weighted by Gasteiger charge is 2.30. The van der Waals surface area contributed by atoms with Crippen LogP contribution in [0.5, 0.6) is 5.75 Å². The minimum atomic E-state index is -0.794. The van der Waals surface area contributed by atoms with E-state index < -0.39 is 39.0 Å². The molecule has 1 amide bonds. The van der Waals surface area contributed by atoms with Crippen molar-refractivity contribution in [3.63, 3.8) is 0 Å². The van der Waals surface area contributed by atoms with Gasteiger partial charge in [0.05, 0.1) is 28.0 Å². The van der Waals surface area contributed by atoms with Gasteiger partial charge in [-0.2, -0.15) is 0 Å².